The fourth-order valence-electron chi connectivity index (χ4n) is 5.37. The summed E-state index contributed by atoms with van der Waals surface area (Å²) in [5.74, 6) is 0.756. The molecule has 30 heavy (non-hydrogen) atoms. The van der Waals surface area contributed by atoms with Crippen molar-refractivity contribution in [3.8, 4) is 0 Å². The largest absolute Gasteiger partial charge is 0.396 e. The lowest BCUT2D eigenvalue weighted by Crippen LogP contribution is -2.41. The van der Waals surface area contributed by atoms with Gasteiger partial charge in [0.05, 0.1) is 16.6 Å². The molecule has 2 aliphatic rings. The van der Waals surface area contributed by atoms with Gasteiger partial charge < -0.3 is 15.7 Å². The molecule has 1 aliphatic heterocycles. The smallest absolute Gasteiger partial charge is 0.252 e. The summed E-state index contributed by atoms with van der Waals surface area (Å²) in [4.78, 5) is 19.9. The Morgan fingerprint density at radius 3 is 2.47 bits per heavy atom. The minimum atomic E-state index is -0.401. The van der Waals surface area contributed by atoms with Crippen LogP contribution in [0.5, 0.6) is 0 Å². The van der Waals surface area contributed by atoms with Crippen molar-refractivity contribution in [3.05, 3.63) is 41.0 Å². The highest BCUT2D eigenvalue weighted by atomic mass is 16.3. The third kappa shape index (κ3) is 2.81. The first-order chi connectivity index (χ1) is 14.2. The number of nitrogens with zero attached hydrogens (tertiary/aromatic N) is 3. The minimum absolute atomic E-state index is 0.0256. The molecular formula is C24H30N4O2. The number of para-hydroxylation sites is 2. The van der Waals surface area contributed by atoms with E-state index in [0.717, 1.165) is 61.2 Å². The van der Waals surface area contributed by atoms with E-state index in [2.05, 4.69) is 36.1 Å². The van der Waals surface area contributed by atoms with E-state index in [-0.39, 0.29) is 17.4 Å². The molecule has 6 heteroatoms. The first-order valence-corrected chi connectivity index (χ1v) is 10.8. The number of carbonyl (C=O) groups excluding carboxylic acids is 1. The zero-order chi connectivity index (χ0) is 21.3. The van der Waals surface area contributed by atoms with Gasteiger partial charge in [0, 0.05) is 19.7 Å². The lowest BCUT2D eigenvalue weighted by atomic mass is 9.81. The lowest BCUT2D eigenvalue weighted by Gasteiger charge is -2.40. The van der Waals surface area contributed by atoms with Crippen LogP contribution in [0.1, 0.15) is 55.1 Å². The highest BCUT2D eigenvalue weighted by molar-refractivity contribution is 6.04. The van der Waals surface area contributed by atoms with Crippen LogP contribution in [0.4, 0.5) is 5.82 Å². The van der Waals surface area contributed by atoms with Crippen LogP contribution in [-0.4, -0.2) is 40.1 Å². The maximum atomic E-state index is 12.6. The van der Waals surface area contributed by atoms with Gasteiger partial charge in [-0.1, -0.05) is 32.9 Å². The minimum Gasteiger partial charge on any atom is -0.396 e. The summed E-state index contributed by atoms with van der Waals surface area (Å²) in [7, 11) is 0. The number of imidazole rings is 1. The molecule has 1 fully saturated rings. The number of anilines is 1. The SMILES string of the molecule is CC1(C)Cc2c(c(N3CCC(C)(CO)CC3)n3c(nc4ccccc43)c2C(N)=O)C1. The molecule has 1 amide bonds. The van der Waals surface area contributed by atoms with Crippen molar-refractivity contribution < 1.29 is 9.90 Å². The average Bonchev–Trinajstić information content (AvgIpc) is 3.22. The van der Waals surface area contributed by atoms with Crippen molar-refractivity contribution in [3.63, 3.8) is 0 Å². The number of primary amides is 1. The zero-order valence-corrected chi connectivity index (χ0v) is 18.0. The van der Waals surface area contributed by atoms with Gasteiger partial charge >= 0.3 is 0 Å². The molecule has 0 unspecified atom stereocenters. The molecule has 3 N–H and O–H groups in total. The number of piperidine rings is 1. The standard InChI is InChI=1S/C24H30N4O2/c1-23(2)12-15-16(13-23)22(27-10-8-24(3,14-29)9-11-27)28-18-7-5-4-6-17(18)26-21(28)19(15)20(25)30/h4-7,29H,8-14H2,1-3H3,(H2,25,30). The molecule has 5 rings (SSSR count). The van der Waals surface area contributed by atoms with Crippen LogP contribution in [-0.2, 0) is 12.8 Å². The molecule has 0 radical (unpaired) electrons. The van der Waals surface area contributed by atoms with Crippen molar-refractivity contribution in [1.82, 2.24) is 9.38 Å². The summed E-state index contributed by atoms with van der Waals surface area (Å²) >= 11 is 0. The van der Waals surface area contributed by atoms with Gasteiger partial charge in [0.15, 0.2) is 5.65 Å². The van der Waals surface area contributed by atoms with Gasteiger partial charge in [0.1, 0.15) is 5.82 Å². The van der Waals surface area contributed by atoms with E-state index in [1.54, 1.807) is 0 Å². The van der Waals surface area contributed by atoms with Gasteiger partial charge in [-0.25, -0.2) is 4.98 Å². The first kappa shape index (κ1) is 19.4. The number of fused-ring (bicyclic) bond motifs is 4. The van der Waals surface area contributed by atoms with E-state index >= 15 is 0 Å². The van der Waals surface area contributed by atoms with Gasteiger partial charge in [-0.3, -0.25) is 9.20 Å². The molecule has 1 aliphatic carbocycles. The van der Waals surface area contributed by atoms with E-state index in [1.807, 2.05) is 18.2 Å². The number of aromatic nitrogens is 2. The zero-order valence-electron chi connectivity index (χ0n) is 18.0. The van der Waals surface area contributed by atoms with E-state index in [9.17, 15) is 9.90 Å². The second kappa shape index (κ2) is 6.45. The highest BCUT2D eigenvalue weighted by Gasteiger charge is 2.39. The summed E-state index contributed by atoms with van der Waals surface area (Å²) in [6.45, 7) is 8.64. The number of nitrogens with two attached hydrogens (primary N) is 1. The topological polar surface area (TPSA) is 83.9 Å². The Morgan fingerprint density at radius 1 is 1.13 bits per heavy atom. The Balaban J connectivity index is 1.81. The molecule has 2 aromatic heterocycles. The second-order valence-corrected chi connectivity index (χ2v) is 10.3. The van der Waals surface area contributed by atoms with Gasteiger partial charge in [0.2, 0.25) is 0 Å². The van der Waals surface area contributed by atoms with Crippen molar-refractivity contribution in [1.29, 1.82) is 0 Å². The molecule has 1 aromatic carbocycles. The summed E-state index contributed by atoms with van der Waals surface area (Å²) in [6, 6.07) is 8.05. The number of hydrogen-bond acceptors (Lipinski definition) is 4. The lowest BCUT2D eigenvalue weighted by molar-refractivity contribution is 0.100. The van der Waals surface area contributed by atoms with E-state index in [4.69, 9.17) is 10.7 Å². The van der Waals surface area contributed by atoms with Crippen LogP contribution in [0.2, 0.25) is 0 Å². The van der Waals surface area contributed by atoms with E-state index < -0.39 is 5.91 Å². The van der Waals surface area contributed by atoms with Gasteiger partial charge in [-0.2, -0.15) is 0 Å². The molecule has 0 saturated carbocycles. The Kier molecular flexibility index (Phi) is 4.16. The normalized spacial score (nSPS) is 20.1. The molecule has 6 nitrogen and oxygen atoms in total. The Morgan fingerprint density at radius 2 is 1.80 bits per heavy atom. The molecule has 3 aromatic rings. The van der Waals surface area contributed by atoms with Crippen molar-refractivity contribution in [2.75, 3.05) is 24.6 Å². The molecule has 1 saturated heterocycles. The van der Waals surface area contributed by atoms with Crippen molar-refractivity contribution in [2.45, 2.75) is 46.5 Å². The maximum Gasteiger partial charge on any atom is 0.252 e. The molecule has 0 spiro atoms. The molecule has 158 valence electrons. The maximum absolute atomic E-state index is 12.6. The number of aliphatic hydroxyl groups excluding tert-OH is 1. The number of rotatable bonds is 3. The third-order valence-electron chi connectivity index (χ3n) is 7.14. The van der Waals surface area contributed by atoms with Crippen LogP contribution in [0.3, 0.4) is 0 Å². The van der Waals surface area contributed by atoms with Crippen LogP contribution < -0.4 is 10.6 Å². The molecule has 0 atom stereocenters. The van der Waals surface area contributed by atoms with Crippen molar-refractivity contribution in [2.24, 2.45) is 16.6 Å². The highest BCUT2D eigenvalue weighted by Crippen LogP contribution is 2.46. The summed E-state index contributed by atoms with van der Waals surface area (Å²) < 4.78 is 2.16. The number of amides is 1. The monoisotopic (exact) mass is 406 g/mol. The molecule has 3 heterocycles. The molecular weight excluding hydrogens is 376 g/mol. The second-order valence-electron chi connectivity index (χ2n) is 10.3. The summed E-state index contributed by atoms with van der Waals surface area (Å²) in [6.07, 6.45) is 3.62. The van der Waals surface area contributed by atoms with Crippen LogP contribution >= 0.6 is 0 Å². The van der Waals surface area contributed by atoms with Gasteiger partial charge in [0.25, 0.3) is 5.91 Å². The first-order valence-electron chi connectivity index (χ1n) is 10.8. The van der Waals surface area contributed by atoms with Crippen LogP contribution in [0.25, 0.3) is 16.7 Å². The van der Waals surface area contributed by atoms with Crippen LogP contribution in [0.15, 0.2) is 24.3 Å². The number of pyridine rings is 1. The predicted octanol–water partition coefficient (Wildman–Crippen LogP) is 3.31. The average molecular weight is 407 g/mol. The predicted molar refractivity (Wildman–Crippen MR) is 119 cm³/mol. The Bertz CT molecular complexity index is 1170. The summed E-state index contributed by atoms with van der Waals surface area (Å²) in [5, 5.41) is 9.82. The van der Waals surface area contributed by atoms with Crippen molar-refractivity contribution >= 4 is 28.4 Å². The summed E-state index contributed by atoms with van der Waals surface area (Å²) in [5.41, 5.74) is 11.4. The number of carbonyl (C=O) groups is 1. The van der Waals surface area contributed by atoms with Crippen LogP contribution in [0, 0.1) is 10.8 Å². The van der Waals surface area contributed by atoms with Gasteiger partial charge in [-0.15, -0.1) is 0 Å². The van der Waals surface area contributed by atoms with Gasteiger partial charge in [-0.05, 0) is 59.8 Å². The third-order valence-corrected chi connectivity index (χ3v) is 7.14. The number of hydrogen-bond donors (Lipinski definition) is 2. The number of benzene rings is 1. The number of aliphatic hydroxyl groups is 1. The van der Waals surface area contributed by atoms with E-state index in [1.165, 1.54) is 5.56 Å². The quantitative estimate of drug-likeness (QED) is 0.699. The molecule has 0 bridgehead atoms. The fourth-order valence-corrected chi connectivity index (χ4v) is 5.37. The fraction of sp³-hybridized carbons (Fsp3) is 0.500. The Hall–Kier alpha value is -2.60. The van der Waals surface area contributed by atoms with E-state index in [0.29, 0.717) is 11.2 Å². The Labute approximate surface area is 176 Å².